The van der Waals surface area contributed by atoms with E-state index in [2.05, 4.69) is 65.9 Å². The van der Waals surface area contributed by atoms with Crippen LogP contribution in [-0.4, -0.2) is 60.4 Å². The van der Waals surface area contributed by atoms with Crippen molar-refractivity contribution in [2.45, 2.75) is 124 Å². The van der Waals surface area contributed by atoms with Crippen molar-refractivity contribution >= 4 is 54.6 Å². The summed E-state index contributed by atoms with van der Waals surface area (Å²) in [6, 6.07) is 16.0. The van der Waals surface area contributed by atoms with Gasteiger partial charge in [-0.15, -0.1) is 10.2 Å². The average Bonchev–Trinajstić information content (AvgIpc) is 3.48. The van der Waals surface area contributed by atoms with Gasteiger partial charge in [0.2, 0.25) is 5.91 Å². The summed E-state index contributed by atoms with van der Waals surface area (Å²) in [6.07, 6.45) is 2.95. The molecule has 0 saturated heterocycles. The summed E-state index contributed by atoms with van der Waals surface area (Å²) in [5, 5.41) is 27.1. The molecule has 0 spiro atoms. The molecule has 4 aromatic rings. The standard InChI is InChI=1S/C43H59N9O6S2.Na/c1-28(2)51(22-13-14-23-59(54,55)56)32-19-20-34(36(25-32)46-30(4)53)47-48-39-33(26-44)38(42(8,9)10)49-52(39)40-35(16-15-21-45-40)50-60(57,58)37-24-31(18-17-29(37)3)43(11,12)27-41(5,6)7;/h15-21,24-25,28,50H,13-14,22-23,27H2,1-12H3,(H,46,53)(H,54,55,56);/q;+1/p-1. The number of anilines is 3. The van der Waals surface area contributed by atoms with Crippen molar-refractivity contribution in [1.29, 1.82) is 5.26 Å². The predicted octanol–water partition coefficient (Wildman–Crippen LogP) is 6.18. The quantitative estimate of drug-likeness (QED) is 0.0564. The second-order valence-corrected chi connectivity index (χ2v) is 21.4. The molecule has 18 heteroatoms. The first-order chi connectivity index (χ1) is 27.6. The van der Waals surface area contributed by atoms with E-state index < -0.39 is 31.3 Å². The van der Waals surface area contributed by atoms with E-state index in [4.69, 9.17) is 5.10 Å². The maximum absolute atomic E-state index is 14.3. The van der Waals surface area contributed by atoms with Gasteiger partial charge in [0.25, 0.3) is 10.0 Å². The summed E-state index contributed by atoms with van der Waals surface area (Å²) in [7, 11) is -8.52. The summed E-state index contributed by atoms with van der Waals surface area (Å²) in [5.41, 5.74) is 2.29. The first-order valence-electron chi connectivity index (χ1n) is 19.8. The molecule has 0 saturated carbocycles. The van der Waals surface area contributed by atoms with Crippen LogP contribution in [-0.2, 0) is 35.8 Å². The Hall–Kier alpha value is -4.18. The molecular weight excluding hydrogens is 826 g/mol. The number of pyridine rings is 1. The van der Waals surface area contributed by atoms with Gasteiger partial charge in [-0.05, 0) is 98.4 Å². The molecule has 0 bridgehead atoms. The van der Waals surface area contributed by atoms with Crippen LogP contribution in [0, 0.1) is 23.7 Å². The molecule has 0 unspecified atom stereocenters. The molecule has 0 fully saturated rings. The number of benzene rings is 2. The van der Waals surface area contributed by atoms with Gasteiger partial charge in [-0.1, -0.05) is 67.5 Å². The molecule has 15 nitrogen and oxygen atoms in total. The van der Waals surface area contributed by atoms with E-state index in [9.17, 15) is 31.4 Å². The number of aromatic nitrogens is 3. The number of azo groups is 1. The van der Waals surface area contributed by atoms with E-state index in [0.29, 0.717) is 35.6 Å². The van der Waals surface area contributed by atoms with E-state index in [1.807, 2.05) is 51.7 Å². The van der Waals surface area contributed by atoms with Crippen molar-refractivity contribution in [2.75, 3.05) is 27.2 Å². The van der Waals surface area contributed by atoms with Gasteiger partial charge in [0.05, 0.1) is 32.1 Å². The van der Waals surface area contributed by atoms with Crippen LogP contribution in [0.4, 0.5) is 28.6 Å². The van der Waals surface area contributed by atoms with Crippen molar-refractivity contribution in [2.24, 2.45) is 15.6 Å². The minimum Gasteiger partial charge on any atom is -0.748 e. The zero-order valence-electron chi connectivity index (χ0n) is 37.7. The number of sulfonamides is 1. The summed E-state index contributed by atoms with van der Waals surface area (Å²) in [4.78, 5) is 19.1. The first-order valence-corrected chi connectivity index (χ1v) is 22.9. The van der Waals surface area contributed by atoms with Crippen LogP contribution in [0.3, 0.4) is 0 Å². The fourth-order valence-corrected chi connectivity index (χ4v) is 9.18. The Balaban J connectivity index is 0.00000992. The molecule has 2 aromatic heterocycles. The summed E-state index contributed by atoms with van der Waals surface area (Å²) in [5.74, 6) is -0.789. The molecule has 0 atom stereocenters. The Kier molecular flexibility index (Phi) is 16.7. The molecule has 2 heterocycles. The monoisotopic (exact) mass is 883 g/mol. The zero-order valence-corrected chi connectivity index (χ0v) is 41.3. The third-order valence-electron chi connectivity index (χ3n) is 9.69. The maximum Gasteiger partial charge on any atom is 1.00 e. The number of carbonyl (C=O) groups excluding carboxylic acids is 1. The number of nitriles is 1. The fraction of sp³-hybridized carbons (Fsp3) is 0.488. The second-order valence-electron chi connectivity index (χ2n) is 18.2. The van der Waals surface area contributed by atoms with E-state index >= 15 is 0 Å². The molecular formula is C43H58N9NaO6S2. The Bertz CT molecular complexity index is 2520. The minimum atomic E-state index is -4.33. The number of carbonyl (C=O) groups is 1. The molecule has 61 heavy (non-hydrogen) atoms. The third kappa shape index (κ3) is 13.7. The molecule has 0 aliphatic carbocycles. The molecule has 2 aromatic carbocycles. The number of unbranched alkanes of at least 4 members (excludes halogenated alkanes) is 1. The summed E-state index contributed by atoms with van der Waals surface area (Å²) >= 11 is 0. The van der Waals surface area contributed by atoms with E-state index in [1.165, 1.54) is 17.8 Å². The van der Waals surface area contributed by atoms with Crippen LogP contribution in [0.25, 0.3) is 5.82 Å². The van der Waals surface area contributed by atoms with E-state index in [1.54, 1.807) is 43.3 Å². The zero-order chi connectivity index (χ0) is 45.0. The van der Waals surface area contributed by atoms with Crippen molar-refractivity contribution in [3.8, 4) is 11.9 Å². The molecule has 4 rings (SSSR count). The van der Waals surface area contributed by atoms with Crippen LogP contribution < -0.4 is 44.5 Å². The van der Waals surface area contributed by atoms with Crippen molar-refractivity contribution in [3.05, 3.63) is 77.1 Å². The van der Waals surface area contributed by atoms with Gasteiger partial charge in [-0.2, -0.15) is 15.0 Å². The van der Waals surface area contributed by atoms with Crippen LogP contribution >= 0.6 is 0 Å². The number of aryl methyl sites for hydroxylation is 1. The SMILES string of the molecule is CC(=O)Nc1cc(N(CCCCS(=O)(=O)[O-])C(C)C)ccc1N=Nc1c(C#N)c(C(C)(C)C)nn1-c1ncccc1NS(=O)(=O)c1cc(C(C)(C)CC(C)(C)C)ccc1C.[Na+]. The molecule has 1 amide bonds. The molecule has 2 N–H and O–H groups in total. The van der Waals surface area contributed by atoms with Gasteiger partial charge in [-0.3, -0.25) is 9.52 Å². The van der Waals surface area contributed by atoms with Gasteiger partial charge in [-0.25, -0.2) is 21.8 Å². The number of rotatable bonds is 16. The topological polar surface area (TPSA) is 215 Å². The van der Waals surface area contributed by atoms with Crippen LogP contribution in [0.15, 0.2) is 69.9 Å². The van der Waals surface area contributed by atoms with Gasteiger partial charge in [0.15, 0.2) is 11.6 Å². The fourth-order valence-electron chi connectivity index (χ4n) is 7.29. The Morgan fingerprint density at radius 2 is 1.64 bits per heavy atom. The Morgan fingerprint density at radius 1 is 0.967 bits per heavy atom. The van der Waals surface area contributed by atoms with Gasteiger partial charge < -0.3 is 14.8 Å². The van der Waals surface area contributed by atoms with Crippen LogP contribution in [0.5, 0.6) is 0 Å². The average molecular weight is 884 g/mol. The van der Waals surface area contributed by atoms with E-state index in [0.717, 1.165) is 12.0 Å². The van der Waals surface area contributed by atoms with Gasteiger partial charge >= 0.3 is 29.6 Å². The van der Waals surface area contributed by atoms with E-state index in [-0.39, 0.29) is 92.2 Å². The minimum absolute atomic E-state index is 0. The molecule has 0 aliphatic rings. The molecule has 0 aliphatic heterocycles. The van der Waals surface area contributed by atoms with Gasteiger partial charge in [0.1, 0.15) is 17.3 Å². The second kappa shape index (κ2) is 19.9. The number of amides is 1. The van der Waals surface area contributed by atoms with Crippen molar-refractivity contribution < 1.29 is 55.7 Å². The predicted molar refractivity (Wildman–Crippen MR) is 235 cm³/mol. The number of hydrogen-bond donors (Lipinski definition) is 2. The largest absolute Gasteiger partial charge is 1.00 e. The van der Waals surface area contributed by atoms with Gasteiger partial charge in [0, 0.05) is 42.6 Å². The summed E-state index contributed by atoms with van der Waals surface area (Å²) in [6.45, 7) is 23.8. The first kappa shape index (κ1) is 51.2. The van der Waals surface area contributed by atoms with Crippen LogP contribution in [0.2, 0.25) is 0 Å². The van der Waals surface area contributed by atoms with Crippen LogP contribution in [0.1, 0.15) is 118 Å². The summed E-state index contributed by atoms with van der Waals surface area (Å²) < 4.78 is 66.0. The molecule has 0 radical (unpaired) electrons. The van der Waals surface area contributed by atoms with Crippen molar-refractivity contribution in [3.63, 3.8) is 0 Å². The Labute approximate surface area is 383 Å². The third-order valence-corrected chi connectivity index (χ3v) is 12.0. The number of nitrogens with zero attached hydrogens (tertiary/aromatic N) is 7. The molecule has 324 valence electrons. The Morgan fingerprint density at radius 3 is 2.21 bits per heavy atom. The normalized spacial score (nSPS) is 12.6. The number of hydrogen-bond acceptors (Lipinski definition) is 12. The smallest absolute Gasteiger partial charge is 0.748 e. The number of nitrogens with one attached hydrogen (secondary N) is 2. The van der Waals surface area contributed by atoms with Crippen molar-refractivity contribution in [1.82, 2.24) is 14.8 Å². The maximum atomic E-state index is 14.3.